The van der Waals surface area contributed by atoms with Crippen LogP contribution in [0, 0.1) is 0 Å². The molecule has 2 N–H and O–H groups in total. The first-order valence-electron chi connectivity index (χ1n) is 7.46. The van der Waals surface area contributed by atoms with Crippen LogP contribution in [-0.4, -0.2) is 35.1 Å². The van der Waals surface area contributed by atoms with E-state index in [4.69, 9.17) is 10.5 Å². The molecule has 4 nitrogen and oxygen atoms in total. The molecule has 1 atom stereocenters. The van der Waals surface area contributed by atoms with Crippen LogP contribution in [0.3, 0.4) is 0 Å². The van der Waals surface area contributed by atoms with Gasteiger partial charge in [-0.2, -0.15) is 0 Å². The van der Waals surface area contributed by atoms with Crippen molar-refractivity contribution in [3.63, 3.8) is 0 Å². The molecule has 0 spiro atoms. The molecule has 0 saturated carbocycles. The first-order chi connectivity index (χ1) is 9.35. The summed E-state index contributed by atoms with van der Waals surface area (Å²) in [4.78, 5) is 15.4. The Morgan fingerprint density at radius 3 is 2.70 bits per heavy atom. The van der Waals surface area contributed by atoms with Crippen molar-refractivity contribution in [1.82, 2.24) is 4.90 Å². The van der Waals surface area contributed by atoms with Gasteiger partial charge >= 0.3 is 6.09 Å². The fraction of sp³-hybridized carbons (Fsp3) is 0.800. The first-order valence-corrected chi connectivity index (χ1v) is 8.34. The maximum absolute atomic E-state index is 12.2. The molecular formula is C15H26N2O2S. The largest absolute Gasteiger partial charge is 0.444 e. The van der Waals surface area contributed by atoms with Crippen LogP contribution in [0.1, 0.15) is 52.9 Å². The smallest absolute Gasteiger partial charge is 0.410 e. The van der Waals surface area contributed by atoms with Gasteiger partial charge in [-0.25, -0.2) is 4.79 Å². The topological polar surface area (TPSA) is 55.6 Å². The maximum atomic E-state index is 12.2. The Labute approximate surface area is 126 Å². The van der Waals surface area contributed by atoms with Gasteiger partial charge in [-0.3, -0.25) is 0 Å². The Kier molecular flexibility index (Phi) is 5.02. The number of nitrogens with zero attached hydrogens (tertiary/aromatic N) is 1. The number of ether oxygens (including phenoxy) is 1. The van der Waals surface area contributed by atoms with Crippen LogP contribution < -0.4 is 5.73 Å². The summed E-state index contributed by atoms with van der Waals surface area (Å²) in [6, 6.07) is 0. The standard InChI is InChI=1S/C15H26N2O2S/c1-15(2,3)19-14(18)17-9-7-11-5-4-6-13(16)20-12(11)8-10-17/h13H,4-10,16H2,1-3H3. The van der Waals surface area contributed by atoms with Crippen molar-refractivity contribution < 1.29 is 9.53 Å². The van der Waals surface area contributed by atoms with Gasteiger partial charge in [0.2, 0.25) is 0 Å². The second-order valence-electron chi connectivity index (χ2n) is 6.54. The van der Waals surface area contributed by atoms with Crippen LogP contribution in [0.15, 0.2) is 10.5 Å². The van der Waals surface area contributed by atoms with Crippen LogP contribution in [0.25, 0.3) is 0 Å². The average Bonchev–Trinajstić information content (AvgIpc) is 2.59. The van der Waals surface area contributed by atoms with E-state index in [1.807, 2.05) is 37.4 Å². The molecule has 0 saturated heterocycles. The molecule has 0 aromatic heterocycles. The number of amides is 1. The SMILES string of the molecule is CC(C)(C)OC(=O)N1CCC2=C(CC1)SC(N)CCC2. The Morgan fingerprint density at radius 1 is 1.30 bits per heavy atom. The zero-order valence-electron chi connectivity index (χ0n) is 12.8. The number of hydrogen-bond donors (Lipinski definition) is 1. The molecule has 2 aliphatic rings. The molecule has 2 heterocycles. The van der Waals surface area contributed by atoms with Crippen LogP contribution in [0.2, 0.25) is 0 Å². The van der Waals surface area contributed by atoms with Gasteiger partial charge in [0.25, 0.3) is 0 Å². The highest BCUT2D eigenvalue weighted by molar-refractivity contribution is 8.03. The molecule has 5 heteroatoms. The van der Waals surface area contributed by atoms with Crippen molar-refractivity contribution in [2.45, 2.75) is 63.9 Å². The number of thioether (sulfide) groups is 1. The zero-order chi connectivity index (χ0) is 14.8. The number of hydrogen-bond acceptors (Lipinski definition) is 4. The van der Waals surface area contributed by atoms with Crippen LogP contribution in [-0.2, 0) is 4.74 Å². The lowest BCUT2D eigenvalue weighted by atomic mass is 10.0. The number of nitrogens with two attached hydrogens (primary N) is 1. The minimum atomic E-state index is -0.426. The highest BCUT2D eigenvalue weighted by atomic mass is 32.2. The van der Waals surface area contributed by atoms with Gasteiger partial charge in [0, 0.05) is 13.1 Å². The summed E-state index contributed by atoms with van der Waals surface area (Å²) in [5.41, 5.74) is 7.18. The molecule has 0 aromatic carbocycles. The lowest BCUT2D eigenvalue weighted by molar-refractivity contribution is 0.0258. The molecule has 0 fully saturated rings. The van der Waals surface area contributed by atoms with Gasteiger partial charge in [-0.05, 0) is 57.8 Å². The number of carbonyl (C=O) groups is 1. The minimum absolute atomic E-state index is 0.190. The average molecular weight is 298 g/mol. The maximum Gasteiger partial charge on any atom is 0.410 e. The molecular weight excluding hydrogens is 272 g/mol. The summed E-state index contributed by atoms with van der Waals surface area (Å²) >= 11 is 1.81. The van der Waals surface area contributed by atoms with Crippen LogP contribution in [0.5, 0.6) is 0 Å². The molecule has 0 bridgehead atoms. The van der Waals surface area contributed by atoms with Gasteiger partial charge in [-0.15, -0.1) is 11.8 Å². The fourth-order valence-corrected chi connectivity index (χ4v) is 3.84. The highest BCUT2D eigenvalue weighted by Crippen LogP contribution is 2.37. The Balaban J connectivity index is 1.97. The van der Waals surface area contributed by atoms with E-state index in [9.17, 15) is 4.79 Å². The van der Waals surface area contributed by atoms with E-state index < -0.39 is 5.60 Å². The summed E-state index contributed by atoms with van der Waals surface area (Å²) in [5, 5.41) is 0.218. The molecule has 1 amide bonds. The third-order valence-electron chi connectivity index (χ3n) is 3.60. The van der Waals surface area contributed by atoms with Gasteiger partial charge in [0.05, 0.1) is 5.37 Å². The van der Waals surface area contributed by atoms with E-state index in [1.54, 1.807) is 0 Å². The Hall–Kier alpha value is -0.680. The zero-order valence-corrected chi connectivity index (χ0v) is 13.6. The predicted octanol–water partition coefficient (Wildman–Crippen LogP) is 3.47. The second kappa shape index (κ2) is 6.39. The minimum Gasteiger partial charge on any atom is -0.444 e. The normalized spacial score (nSPS) is 24.8. The van der Waals surface area contributed by atoms with E-state index in [0.29, 0.717) is 0 Å². The third kappa shape index (κ3) is 4.42. The third-order valence-corrected chi connectivity index (χ3v) is 4.91. The van der Waals surface area contributed by atoms with Gasteiger partial charge in [0.15, 0.2) is 0 Å². The van der Waals surface area contributed by atoms with E-state index in [2.05, 4.69) is 0 Å². The summed E-state index contributed by atoms with van der Waals surface area (Å²) in [6.45, 7) is 7.23. The van der Waals surface area contributed by atoms with Crippen molar-refractivity contribution in [2.24, 2.45) is 5.73 Å². The van der Waals surface area contributed by atoms with Crippen molar-refractivity contribution in [3.05, 3.63) is 10.5 Å². The van der Waals surface area contributed by atoms with Crippen LogP contribution in [0.4, 0.5) is 4.79 Å². The Morgan fingerprint density at radius 2 is 2.00 bits per heavy atom. The summed E-state index contributed by atoms with van der Waals surface area (Å²) < 4.78 is 5.47. The van der Waals surface area contributed by atoms with E-state index in [-0.39, 0.29) is 11.5 Å². The first kappa shape index (κ1) is 15.7. The molecule has 2 rings (SSSR count). The Bertz CT molecular complexity index is 401. The molecule has 0 radical (unpaired) electrons. The van der Waals surface area contributed by atoms with Gasteiger partial charge in [0.1, 0.15) is 5.60 Å². The van der Waals surface area contributed by atoms with Crippen molar-refractivity contribution >= 4 is 17.9 Å². The van der Waals surface area contributed by atoms with Gasteiger partial charge < -0.3 is 15.4 Å². The lowest BCUT2D eigenvalue weighted by Crippen LogP contribution is -2.37. The molecule has 1 unspecified atom stereocenters. The number of carbonyl (C=O) groups excluding carboxylic acids is 1. The number of rotatable bonds is 0. The summed E-state index contributed by atoms with van der Waals surface area (Å²) in [7, 11) is 0. The van der Waals surface area contributed by atoms with Crippen LogP contribution >= 0.6 is 11.8 Å². The second-order valence-corrected chi connectivity index (χ2v) is 7.88. The molecule has 0 aliphatic carbocycles. The molecule has 0 aromatic rings. The van der Waals surface area contributed by atoms with Gasteiger partial charge in [-0.1, -0.05) is 5.57 Å². The summed E-state index contributed by atoms with van der Waals surface area (Å²) in [6.07, 6.45) is 5.09. The molecule has 2 aliphatic heterocycles. The van der Waals surface area contributed by atoms with Crippen molar-refractivity contribution in [3.8, 4) is 0 Å². The van der Waals surface area contributed by atoms with E-state index in [0.717, 1.165) is 38.8 Å². The van der Waals surface area contributed by atoms with Crippen molar-refractivity contribution in [2.75, 3.05) is 13.1 Å². The molecule has 114 valence electrons. The van der Waals surface area contributed by atoms with Crippen molar-refractivity contribution in [1.29, 1.82) is 0 Å². The monoisotopic (exact) mass is 298 g/mol. The quantitative estimate of drug-likeness (QED) is 0.744. The predicted molar refractivity (Wildman–Crippen MR) is 83.5 cm³/mol. The fourth-order valence-electron chi connectivity index (χ4n) is 2.61. The highest BCUT2D eigenvalue weighted by Gasteiger charge is 2.26. The lowest BCUT2D eigenvalue weighted by Gasteiger charge is -2.26. The molecule has 20 heavy (non-hydrogen) atoms. The van der Waals surface area contributed by atoms with E-state index >= 15 is 0 Å². The summed E-state index contributed by atoms with van der Waals surface area (Å²) in [5.74, 6) is 0. The van der Waals surface area contributed by atoms with E-state index in [1.165, 1.54) is 16.9 Å².